The highest BCUT2D eigenvalue weighted by Crippen LogP contribution is 2.33. The second-order valence-corrected chi connectivity index (χ2v) is 9.27. The van der Waals surface area contributed by atoms with E-state index in [4.69, 9.17) is 9.51 Å². The number of aryl methyl sites for hydroxylation is 2. The zero-order valence-corrected chi connectivity index (χ0v) is 19.0. The fraction of sp³-hybridized carbons (Fsp3) is 0.560. The molecule has 1 aromatic carbocycles. The molecule has 0 bridgehead atoms. The molecule has 170 valence electrons. The Morgan fingerprint density at radius 1 is 1.09 bits per heavy atom. The number of piperidine rings is 1. The molecule has 1 aliphatic carbocycles. The summed E-state index contributed by atoms with van der Waals surface area (Å²) in [5.41, 5.74) is 3.18. The van der Waals surface area contributed by atoms with Crippen LogP contribution in [0, 0.1) is 6.92 Å². The Labute approximate surface area is 189 Å². The molecule has 1 saturated heterocycles. The maximum atomic E-state index is 10.3. The number of hydrogen-bond donors (Lipinski definition) is 2. The van der Waals surface area contributed by atoms with Crippen LogP contribution < -0.4 is 10.2 Å². The molecule has 2 fully saturated rings. The fourth-order valence-electron chi connectivity index (χ4n) is 5.11. The summed E-state index contributed by atoms with van der Waals surface area (Å²) in [5.74, 6) is 2.07. The summed E-state index contributed by atoms with van der Waals surface area (Å²) in [6.45, 7) is 5.82. The summed E-state index contributed by atoms with van der Waals surface area (Å²) in [6, 6.07) is 9.28. The van der Waals surface area contributed by atoms with Crippen molar-refractivity contribution >= 4 is 16.7 Å². The summed E-state index contributed by atoms with van der Waals surface area (Å²) in [5, 5.41) is 19.2. The number of rotatable bonds is 5. The Balaban J connectivity index is 1.39. The average molecular weight is 436 g/mol. The van der Waals surface area contributed by atoms with Crippen molar-refractivity contribution in [2.75, 3.05) is 18.0 Å². The molecule has 3 heterocycles. The Morgan fingerprint density at radius 2 is 1.91 bits per heavy atom. The minimum atomic E-state index is -0.204. The van der Waals surface area contributed by atoms with E-state index in [-0.39, 0.29) is 12.1 Å². The molecule has 32 heavy (non-hydrogen) atoms. The first kappa shape index (κ1) is 21.3. The summed E-state index contributed by atoms with van der Waals surface area (Å²) < 4.78 is 5.55. The zero-order valence-electron chi connectivity index (χ0n) is 19.0. The number of nitrogens with one attached hydrogen (secondary N) is 1. The Morgan fingerprint density at radius 3 is 2.62 bits per heavy atom. The molecular formula is C25H33N5O2. The van der Waals surface area contributed by atoms with Crippen molar-refractivity contribution in [3.8, 4) is 11.5 Å². The SMILES string of the molecule is CCc1ccc2nc(N3CCC(N[C@H]4CCCC[C@@H]4O)CC3)c(-c3nc(C)no3)cc2c1. The number of pyridine rings is 1. The van der Waals surface area contributed by atoms with Crippen molar-refractivity contribution in [3.05, 3.63) is 35.7 Å². The van der Waals surface area contributed by atoms with Gasteiger partial charge in [-0.3, -0.25) is 0 Å². The Hall–Kier alpha value is -2.51. The van der Waals surface area contributed by atoms with Crippen LogP contribution in [-0.4, -0.2) is 51.5 Å². The van der Waals surface area contributed by atoms with Gasteiger partial charge in [0.05, 0.1) is 17.2 Å². The smallest absolute Gasteiger partial charge is 0.261 e. The van der Waals surface area contributed by atoms with Crippen molar-refractivity contribution in [1.29, 1.82) is 0 Å². The molecule has 2 atom stereocenters. The first-order valence-corrected chi connectivity index (χ1v) is 12.0. The molecule has 0 unspecified atom stereocenters. The van der Waals surface area contributed by atoms with Crippen LogP contribution in [0.4, 0.5) is 5.82 Å². The maximum Gasteiger partial charge on any atom is 0.261 e. The lowest BCUT2D eigenvalue weighted by molar-refractivity contribution is 0.0828. The number of anilines is 1. The normalized spacial score (nSPS) is 22.5. The molecule has 2 N–H and O–H groups in total. The van der Waals surface area contributed by atoms with Crippen LogP contribution >= 0.6 is 0 Å². The summed E-state index contributed by atoms with van der Waals surface area (Å²) in [6.07, 6.45) is 7.19. The number of fused-ring (bicyclic) bond motifs is 1. The molecule has 1 aliphatic heterocycles. The number of benzene rings is 1. The molecule has 7 nitrogen and oxygen atoms in total. The van der Waals surface area contributed by atoms with E-state index in [9.17, 15) is 5.11 Å². The number of aliphatic hydroxyl groups is 1. The highest BCUT2D eigenvalue weighted by molar-refractivity contribution is 5.88. The first-order valence-electron chi connectivity index (χ1n) is 12.0. The number of nitrogens with zero attached hydrogens (tertiary/aromatic N) is 4. The molecule has 1 saturated carbocycles. The Bertz CT molecular complexity index is 1070. The average Bonchev–Trinajstić information content (AvgIpc) is 3.26. The van der Waals surface area contributed by atoms with Gasteiger partial charge in [-0.15, -0.1) is 0 Å². The van der Waals surface area contributed by atoms with Gasteiger partial charge >= 0.3 is 0 Å². The first-order chi connectivity index (χ1) is 15.6. The Kier molecular flexibility index (Phi) is 6.11. The van der Waals surface area contributed by atoms with Gasteiger partial charge in [0.1, 0.15) is 5.82 Å². The second kappa shape index (κ2) is 9.16. The van der Waals surface area contributed by atoms with E-state index in [1.54, 1.807) is 0 Å². The molecule has 2 aliphatic rings. The molecular weight excluding hydrogens is 402 g/mol. The number of aromatic nitrogens is 3. The highest BCUT2D eigenvalue weighted by Gasteiger charge is 2.29. The van der Waals surface area contributed by atoms with E-state index < -0.39 is 0 Å². The van der Waals surface area contributed by atoms with E-state index in [2.05, 4.69) is 51.5 Å². The zero-order chi connectivity index (χ0) is 22.1. The lowest BCUT2D eigenvalue weighted by Crippen LogP contribution is -2.51. The predicted octanol–water partition coefficient (Wildman–Crippen LogP) is 4.02. The third-order valence-corrected chi connectivity index (χ3v) is 7.00. The third kappa shape index (κ3) is 4.36. The second-order valence-electron chi connectivity index (χ2n) is 9.27. The van der Waals surface area contributed by atoms with Gasteiger partial charge in [-0.05, 0) is 62.8 Å². The van der Waals surface area contributed by atoms with E-state index in [0.717, 1.165) is 73.9 Å². The summed E-state index contributed by atoms with van der Waals surface area (Å²) in [4.78, 5) is 11.9. The molecule has 0 radical (unpaired) electrons. The highest BCUT2D eigenvalue weighted by atomic mass is 16.5. The van der Waals surface area contributed by atoms with Crippen molar-refractivity contribution in [2.24, 2.45) is 0 Å². The van der Waals surface area contributed by atoms with Crippen LogP contribution in [0.1, 0.15) is 56.8 Å². The van der Waals surface area contributed by atoms with Crippen molar-refractivity contribution in [1.82, 2.24) is 20.4 Å². The van der Waals surface area contributed by atoms with Crippen LogP contribution in [0.25, 0.3) is 22.4 Å². The van der Waals surface area contributed by atoms with E-state index in [1.807, 2.05) is 6.92 Å². The van der Waals surface area contributed by atoms with E-state index >= 15 is 0 Å². The van der Waals surface area contributed by atoms with Crippen LogP contribution in [0.3, 0.4) is 0 Å². The van der Waals surface area contributed by atoms with Gasteiger partial charge in [0.2, 0.25) is 0 Å². The van der Waals surface area contributed by atoms with Crippen LogP contribution in [0.15, 0.2) is 28.8 Å². The molecule has 0 amide bonds. The largest absolute Gasteiger partial charge is 0.392 e. The number of aliphatic hydroxyl groups excluding tert-OH is 1. The standard InChI is InChI=1S/C25H33N5O2/c1-3-17-8-9-21-18(14-17)15-20(25-26-16(2)29-32-25)24(28-21)30-12-10-19(11-13-30)27-22-6-4-5-7-23(22)31/h8-9,14-15,19,22-23,27,31H,3-7,10-13H2,1-2H3/t22-,23-/m0/s1. The van der Waals surface area contributed by atoms with Crippen LogP contribution in [0.5, 0.6) is 0 Å². The molecule has 5 rings (SSSR count). The molecule has 0 spiro atoms. The van der Waals surface area contributed by atoms with Crippen LogP contribution in [-0.2, 0) is 6.42 Å². The van der Waals surface area contributed by atoms with Gasteiger partial charge < -0.3 is 19.8 Å². The predicted molar refractivity (Wildman–Crippen MR) is 126 cm³/mol. The van der Waals surface area contributed by atoms with E-state index in [1.165, 1.54) is 12.0 Å². The topological polar surface area (TPSA) is 87.3 Å². The molecule has 7 heteroatoms. The van der Waals surface area contributed by atoms with Crippen molar-refractivity contribution in [3.63, 3.8) is 0 Å². The third-order valence-electron chi connectivity index (χ3n) is 7.00. The van der Waals surface area contributed by atoms with Crippen molar-refractivity contribution in [2.45, 2.75) is 77.0 Å². The van der Waals surface area contributed by atoms with Crippen molar-refractivity contribution < 1.29 is 9.63 Å². The molecule has 3 aromatic rings. The minimum Gasteiger partial charge on any atom is -0.392 e. The van der Waals surface area contributed by atoms with Gasteiger partial charge in [-0.2, -0.15) is 4.98 Å². The van der Waals surface area contributed by atoms with Gasteiger partial charge in [-0.1, -0.05) is 31.0 Å². The van der Waals surface area contributed by atoms with Gasteiger partial charge in [0, 0.05) is 30.6 Å². The maximum absolute atomic E-state index is 10.3. The summed E-state index contributed by atoms with van der Waals surface area (Å²) >= 11 is 0. The summed E-state index contributed by atoms with van der Waals surface area (Å²) in [7, 11) is 0. The fourth-order valence-corrected chi connectivity index (χ4v) is 5.11. The number of hydrogen-bond acceptors (Lipinski definition) is 7. The quantitative estimate of drug-likeness (QED) is 0.626. The van der Waals surface area contributed by atoms with Gasteiger partial charge in [-0.25, -0.2) is 4.98 Å². The lowest BCUT2D eigenvalue weighted by atomic mass is 9.91. The van der Waals surface area contributed by atoms with Crippen LogP contribution in [0.2, 0.25) is 0 Å². The minimum absolute atomic E-state index is 0.204. The van der Waals surface area contributed by atoms with E-state index in [0.29, 0.717) is 17.8 Å². The molecule has 2 aromatic heterocycles. The lowest BCUT2D eigenvalue weighted by Gasteiger charge is -2.38. The van der Waals surface area contributed by atoms with Gasteiger partial charge in [0.25, 0.3) is 5.89 Å². The van der Waals surface area contributed by atoms with Gasteiger partial charge in [0.15, 0.2) is 5.82 Å². The monoisotopic (exact) mass is 435 g/mol.